The van der Waals surface area contributed by atoms with E-state index >= 15 is 0 Å². The van der Waals surface area contributed by atoms with Gasteiger partial charge in [-0.2, -0.15) is 0 Å². The van der Waals surface area contributed by atoms with Crippen LogP contribution in [0.25, 0.3) is 0 Å². The molecule has 0 saturated carbocycles. The topological polar surface area (TPSA) is 20.3 Å². The van der Waals surface area contributed by atoms with Gasteiger partial charge in [-0.15, -0.1) is 0 Å². The van der Waals surface area contributed by atoms with Crippen LogP contribution in [0.3, 0.4) is 0 Å². The third-order valence-corrected chi connectivity index (χ3v) is 8.37. The summed E-state index contributed by atoms with van der Waals surface area (Å²) < 4.78 is 0. The molecule has 1 aliphatic heterocycles. The van der Waals surface area contributed by atoms with Crippen molar-refractivity contribution in [3.05, 3.63) is 35.4 Å². The van der Waals surface area contributed by atoms with E-state index in [9.17, 15) is 4.79 Å². The molecule has 0 bridgehead atoms. The molecule has 3 heteroatoms. The van der Waals surface area contributed by atoms with Crippen molar-refractivity contribution in [1.29, 1.82) is 0 Å². The molecule has 0 radical (unpaired) electrons. The van der Waals surface area contributed by atoms with Gasteiger partial charge < -0.3 is 4.90 Å². The molecule has 1 heterocycles. The number of benzene rings is 1. The summed E-state index contributed by atoms with van der Waals surface area (Å²) in [6.45, 7) is 15.6. The molecule has 1 aromatic carbocycles. The van der Waals surface area contributed by atoms with E-state index in [-0.39, 0.29) is 11.3 Å². The lowest BCUT2D eigenvalue weighted by atomic mass is 9.86. The molecule has 0 aromatic heterocycles. The standard InChI is InChI=1S/C20H33NOSi/c1-16(19(22)21-11-13-23(5,6)14-12-21)15-17-7-9-18(10-8-17)20(2,3)4/h7-10,16H,11-15H2,1-6H3. The summed E-state index contributed by atoms with van der Waals surface area (Å²) in [6, 6.07) is 11.3. The van der Waals surface area contributed by atoms with Crippen LogP contribution in [0.5, 0.6) is 0 Å². The van der Waals surface area contributed by atoms with Crippen LogP contribution in [-0.2, 0) is 16.6 Å². The van der Waals surface area contributed by atoms with Crippen LogP contribution >= 0.6 is 0 Å². The van der Waals surface area contributed by atoms with Crippen molar-refractivity contribution in [3.8, 4) is 0 Å². The molecule has 0 spiro atoms. The predicted molar refractivity (Wildman–Crippen MR) is 102 cm³/mol. The van der Waals surface area contributed by atoms with Crippen LogP contribution in [0.15, 0.2) is 24.3 Å². The fourth-order valence-corrected chi connectivity index (χ4v) is 5.23. The Morgan fingerprint density at radius 3 is 2.13 bits per heavy atom. The number of carbonyl (C=O) groups is 1. The summed E-state index contributed by atoms with van der Waals surface area (Å²) in [5.41, 5.74) is 2.80. The van der Waals surface area contributed by atoms with Gasteiger partial charge in [-0.1, -0.05) is 65.1 Å². The molecule has 23 heavy (non-hydrogen) atoms. The largest absolute Gasteiger partial charge is 0.343 e. The average Bonchev–Trinajstić information content (AvgIpc) is 2.46. The van der Waals surface area contributed by atoms with E-state index in [0.29, 0.717) is 5.91 Å². The minimum atomic E-state index is -1.01. The molecule has 2 nitrogen and oxygen atoms in total. The summed E-state index contributed by atoms with van der Waals surface area (Å²) in [6.07, 6.45) is 0.848. The molecule has 1 amide bonds. The smallest absolute Gasteiger partial charge is 0.225 e. The first-order valence-corrected chi connectivity index (χ1v) is 12.4. The highest BCUT2D eigenvalue weighted by atomic mass is 28.3. The lowest BCUT2D eigenvalue weighted by Gasteiger charge is -2.37. The fraction of sp³-hybridized carbons (Fsp3) is 0.650. The number of amides is 1. The maximum Gasteiger partial charge on any atom is 0.225 e. The van der Waals surface area contributed by atoms with E-state index < -0.39 is 8.07 Å². The van der Waals surface area contributed by atoms with Gasteiger partial charge in [-0.3, -0.25) is 4.79 Å². The van der Waals surface area contributed by atoms with E-state index in [1.165, 1.54) is 23.2 Å². The number of carbonyl (C=O) groups excluding carboxylic acids is 1. The number of nitrogens with zero attached hydrogens (tertiary/aromatic N) is 1. The summed E-state index contributed by atoms with van der Waals surface area (Å²) >= 11 is 0. The molecule has 1 aromatic rings. The number of rotatable bonds is 3. The zero-order valence-electron chi connectivity index (χ0n) is 15.8. The van der Waals surface area contributed by atoms with Crippen LogP contribution in [-0.4, -0.2) is 32.0 Å². The Balaban J connectivity index is 1.93. The monoisotopic (exact) mass is 331 g/mol. The van der Waals surface area contributed by atoms with Crippen LogP contribution in [0, 0.1) is 5.92 Å². The minimum absolute atomic E-state index is 0.0818. The quantitative estimate of drug-likeness (QED) is 0.734. The average molecular weight is 332 g/mol. The Hall–Kier alpha value is -1.09. The highest BCUT2D eigenvalue weighted by molar-refractivity contribution is 6.77. The maximum absolute atomic E-state index is 12.7. The van der Waals surface area contributed by atoms with Gasteiger partial charge in [0.15, 0.2) is 0 Å². The first-order valence-electron chi connectivity index (χ1n) is 8.97. The van der Waals surface area contributed by atoms with Crippen LogP contribution in [0.2, 0.25) is 25.2 Å². The van der Waals surface area contributed by atoms with Crippen molar-refractivity contribution in [2.45, 2.75) is 64.7 Å². The Kier molecular flexibility index (Phi) is 5.39. The van der Waals surface area contributed by atoms with E-state index in [1.54, 1.807) is 0 Å². The van der Waals surface area contributed by atoms with Gasteiger partial charge in [0.05, 0.1) is 8.07 Å². The number of hydrogen-bond donors (Lipinski definition) is 0. The third kappa shape index (κ3) is 4.94. The SMILES string of the molecule is CC(Cc1ccc(C(C)(C)C)cc1)C(=O)N1CC[Si](C)(C)CC1. The van der Waals surface area contributed by atoms with E-state index in [1.807, 2.05) is 0 Å². The highest BCUT2D eigenvalue weighted by Crippen LogP contribution is 2.25. The van der Waals surface area contributed by atoms with Gasteiger partial charge in [0.1, 0.15) is 0 Å². The highest BCUT2D eigenvalue weighted by Gasteiger charge is 2.31. The second-order valence-electron chi connectivity index (χ2n) is 9.04. The molecule has 128 valence electrons. The zero-order valence-corrected chi connectivity index (χ0v) is 16.8. The van der Waals surface area contributed by atoms with Gasteiger partial charge in [0.25, 0.3) is 0 Å². The molecular formula is C20H33NOSi. The summed E-state index contributed by atoms with van der Waals surface area (Å²) in [5.74, 6) is 0.424. The minimum Gasteiger partial charge on any atom is -0.343 e. The van der Waals surface area contributed by atoms with Crippen molar-refractivity contribution < 1.29 is 4.79 Å². The van der Waals surface area contributed by atoms with Crippen LogP contribution in [0.4, 0.5) is 0 Å². The molecule has 1 unspecified atom stereocenters. The van der Waals surface area contributed by atoms with E-state index in [0.717, 1.165) is 19.5 Å². The normalized spacial score (nSPS) is 19.5. The zero-order chi connectivity index (χ0) is 17.3. The van der Waals surface area contributed by atoms with Gasteiger partial charge in [0, 0.05) is 19.0 Å². The first-order chi connectivity index (χ1) is 10.6. The van der Waals surface area contributed by atoms with Crippen LogP contribution in [0.1, 0.15) is 38.8 Å². The Morgan fingerprint density at radius 2 is 1.65 bits per heavy atom. The van der Waals surface area contributed by atoms with Crippen LogP contribution < -0.4 is 0 Å². The second kappa shape index (κ2) is 6.80. The maximum atomic E-state index is 12.7. The molecule has 1 fully saturated rings. The predicted octanol–water partition coefficient (Wildman–Crippen LogP) is 4.71. The third-order valence-electron chi connectivity index (χ3n) is 5.21. The van der Waals surface area contributed by atoms with Crippen molar-refractivity contribution in [3.63, 3.8) is 0 Å². The van der Waals surface area contributed by atoms with E-state index in [2.05, 4.69) is 70.0 Å². The van der Waals surface area contributed by atoms with Crippen molar-refractivity contribution in [2.24, 2.45) is 5.92 Å². The molecule has 0 N–H and O–H groups in total. The van der Waals surface area contributed by atoms with Gasteiger partial charge >= 0.3 is 0 Å². The molecular weight excluding hydrogens is 298 g/mol. The fourth-order valence-electron chi connectivity index (χ4n) is 3.23. The van der Waals surface area contributed by atoms with Crippen molar-refractivity contribution >= 4 is 14.0 Å². The summed E-state index contributed by atoms with van der Waals surface area (Å²) in [7, 11) is -1.01. The summed E-state index contributed by atoms with van der Waals surface area (Å²) in [4.78, 5) is 14.8. The molecule has 1 atom stereocenters. The van der Waals surface area contributed by atoms with Crippen molar-refractivity contribution in [1.82, 2.24) is 4.90 Å². The lowest BCUT2D eigenvalue weighted by Crippen LogP contribution is -2.47. The molecule has 2 rings (SSSR count). The van der Waals surface area contributed by atoms with Gasteiger partial charge in [-0.25, -0.2) is 0 Å². The first kappa shape index (κ1) is 18.2. The van der Waals surface area contributed by atoms with Crippen molar-refractivity contribution in [2.75, 3.05) is 13.1 Å². The second-order valence-corrected chi connectivity index (χ2v) is 14.4. The lowest BCUT2D eigenvalue weighted by molar-refractivity contribution is -0.134. The van der Waals surface area contributed by atoms with Gasteiger partial charge in [-0.05, 0) is 35.1 Å². The van der Waals surface area contributed by atoms with E-state index in [4.69, 9.17) is 0 Å². The molecule has 1 saturated heterocycles. The summed E-state index contributed by atoms with van der Waals surface area (Å²) in [5, 5.41) is 0. The van der Waals surface area contributed by atoms with Gasteiger partial charge in [0.2, 0.25) is 5.91 Å². The molecule has 0 aliphatic carbocycles. The Bertz CT molecular complexity index is 532. The number of hydrogen-bond acceptors (Lipinski definition) is 1. The molecule has 1 aliphatic rings. The Labute approximate surface area is 143 Å². The Morgan fingerprint density at radius 1 is 1.13 bits per heavy atom.